The Hall–Kier alpha value is -3.34. The van der Waals surface area contributed by atoms with E-state index in [9.17, 15) is 4.79 Å². The molecule has 0 spiro atoms. The molecule has 0 radical (unpaired) electrons. The number of hydrogen-bond donors (Lipinski definition) is 2. The summed E-state index contributed by atoms with van der Waals surface area (Å²) in [6.45, 7) is 4.72. The SMILES string of the molecule is COc1ccccc1CNC(=O)c1ccc(Nc2ccc(C(C)C)cc2)cn1. The molecule has 1 aromatic heterocycles. The monoisotopic (exact) mass is 375 g/mol. The molecule has 0 saturated heterocycles. The largest absolute Gasteiger partial charge is 0.496 e. The van der Waals surface area contributed by atoms with Gasteiger partial charge < -0.3 is 15.4 Å². The predicted molar refractivity (Wildman–Crippen MR) is 112 cm³/mol. The number of ether oxygens (including phenoxy) is 1. The Balaban J connectivity index is 1.59. The van der Waals surface area contributed by atoms with Crippen LogP contribution >= 0.6 is 0 Å². The number of rotatable bonds is 7. The molecule has 0 aliphatic carbocycles. The average Bonchev–Trinajstić information content (AvgIpc) is 2.73. The second-order valence-corrected chi connectivity index (χ2v) is 6.83. The molecule has 0 unspecified atom stereocenters. The highest BCUT2D eigenvalue weighted by Gasteiger charge is 2.09. The van der Waals surface area contributed by atoms with Crippen molar-refractivity contribution in [2.75, 3.05) is 12.4 Å². The van der Waals surface area contributed by atoms with Gasteiger partial charge in [-0.05, 0) is 41.8 Å². The van der Waals surface area contributed by atoms with Gasteiger partial charge in [0.2, 0.25) is 0 Å². The topological polar surface area (TPSA) is 63.2 Å². The fourth-order valence-electron chi connectivity index (χ4n) is 2.84. The summed E-state index contributed by atoms with van der Waals surface area (Å²) in [5.41, 5.74) is 4.40. The van der Waals surface area contributed by atoms with Gasteiger partial charge in [-0.2, -0.15) is 0 Å². The summed E-state index contributed by atoms with van der Waals surface area (Å²) in [4.78, 5) is 16.6. The van der Waals surface area contributed by atoms with E-state index in [1.807, 2.05) is 42.5 Å². The highest BCUT2D eigenvalue weighted by molar-refractivity contribution is 5.92. The number of aromatic nitrogens is 1. The molecule has 0 atom stereocenters. The van der Waals surface area contributed by atoms with Crippen LogP contribution in [0.4, 0.5) is 11.4 Å². The van der Waals surface area contributed by atoms with E-state index in [2.05, 4.69) is 41.6 Å². The van der Waals surface area contributed by atoms with Crippen LogP contribution in [0.25, 0.3) is 0 Å². The van der Waals surface area contributed by atoms with Crippen LogP contribution in [0.15, 0.2) is 66.9 Å². The molecule has 2 N–H and O–H groups in total. The molecule has 2 aromatic carbocycles. The Morgan fingerprint density at radius 2 is 1.71 bits per heavy atom. The molecule has 3 rings (SSSR count). The summed E-state index contributed by atoms with van der Waals surface area (Å²) < 4.78 is 5.30. The van der Waals surface area contributed by atoms with E-state index in [0.717, 1.165) is 22.7 Å². The number of carbonyl (C=O) groups excluding carboxylic acids is 1. The Morgan fingerprint density at radius 1 is 1.00 bits per heavy atom. The van der Waals surface area contributed by atoms with E-state index in [0.29, 0.717) is 18.2 Å². The summed E-state index contributed by atoms with van der Waals surface area (Å²) in [5.74, 6) is 1.03. The van der Waals surface area contributed by atoms with Crippen LogP contribution in [-0.2, 0) is 6.54 Å². The predicted octanol–water partition coefficient (Wildman–Crippen LogP) is 4.89. The van der Waals surface area contributed by atoms with E-state index in [4.69, 9.17) is 4.74 Å². The fourth-order valence-corrected chi connectivity index (χ4v) is 2.84. The van der Waals surface area contributed by atoms with Crippen LogP contribution in [0.5, 0.6) is 5.75 Å². The lowest BCUT2D eigenvalue weighted by Gasteiger charge is -2.10. The van der Waals surface area contributed by atoms with Crippen LogP contribution < -0.4 is 15.4 Å². The summed E-state index contributed by atoms with van der Waals surface area (Å²) in [5, 5.41) is 6.17. The Morgan fingerprint density at radius 3 is 2.36 bits per heavy atom. The van der Waals surface area contributed by atoms with E-state index >= 15 is 0 Å². The van der Waals surface area contributed by atoms with Gasteiger partial charge in [0.05, 0.1) is 19.0 Å². The first-order valence-corrected chi connectivity index (χ1v) is 9.30. The van der Waals surface area contributed by atoms with Gasteiger partial charge in [-0.25, -0.2) is 4.98 Å². The Labute approximate surface area is 165 Å². The lowest BCUT2D eigenvalue weighted by Crippen LogP contribution is -2.24. The molecule has 0 aliphatic heterocycles. The van der Waals surface area contributed by atoms with E-state index < -0.39 is 0 Å². The summed E-state index contributed by atoms with van der Waals surface area (Å²) >= 11 is 0. The Kier molecular flexibility index (Phi) is 6.27. The molecule has 5 heteroatoms. The van der Waals surface area contributed by atoms with Crippen molar-refractivity contribution in [3.05, 3.63) is 83.7 Å². The van der Waals surface area contributed by atoms with Crippen molar-refractivity contribution >= 4 is 17.3 Å². The standard InChI is InChI=1S/C23H25N3O2/c1-16(2)17-8-10-19(11-9-17)26-20-12-13-21(24-15-20)23(27)25-14-18-6-4-5-7-22(18)28-3/h4-13,15-16,26H,14H2,1-3H3,(H,25,27). The van der Waals surface area contributed by atoms with Crippen LogP contribution in [0, 0.1) is 0 Å². The molecular weight excluding hydrogens is 350 g/mol. The molecule has 0 bridgehead atoms. The van der Waals surface area contributed by atoms with Gasteiger partial charge >= 0.3 is 0 Å². The average molecular weight is 375 g/mol. The number of carbonyl (C=O) groups is 1. The van der Waals surface area contributed by atoms with Crippen molar-refractivity contribution in [3.63, 3.8) is 0 Å². The van der Waals surface area contributed by atoms with Crippen molar-refractivity contribution in [2.45, 2.75) is 26.3 Å². The molecule has 28 heavy (non-hydrogen) atoms. The molecule has 1 amide bonds. The second kappa shape index (κ2) is 9.04. The maximum absolute atomic E-state index is 12.4. The van der Waals surface area contributed by atoms with Crippen LogP contribution in [0.1, 0.15) is 41.4 Å². The Bertz CT molecular complexity index is 919. The third kappa shape index (κ3) is 4.88. The first-order chi connectivity index (χ1) is 13.6. The van der Waals surface area contributed by atoms with Crippen LogP contribution in [0.2, 0.25) is 0 Å². The van der Waals surface area contributed by atoms with E-state index in [1.165, 1.54) is 5.56 Å². The lowest BCUT2D eigenvalue weighted by molar-refractivity contribution is 0.0945. The summed E-state index contributed by atoms with van der Waals surface area (Å²) in [6.07, 6.45) is 1.66. The lowest BCUT2D eigenvalue weighted by atomic mass is 10.0. The van der Waals surface area contributed by atoms with Gasteiger partial charge in [0.25, 0.3) is 5.91 Å². The third-order valence-corrected chi connectivity index (χ3v) is 4.49. The van der Waals surface area contributed by atoms with E-state index in [-0.39, 0.29) is 5.91 Å². The summed E-state index contributed by atoms with van der Waals surface area (Å²) in [6, 6.07) is 19.5. The van der Waals surface area contributed by atoms with Gasteiger partial charge in [0, 0.05) is 17.8 Å². The maximum Gasteiger partial charge on any atom is 0.270 e. The molecule has 0 aliphatic rings. The third-order valence-electron chi connectivity index (χ3n) is 4.49. The molecular formula is C23H25N3O2. The molecule has 5 nitrogen and oxygen atoms in total. The second-order valence-electron chi connectivity index (χ2n) is 6.83. The fraction of sp³-hybridized carbons (Fsp3) is 0.217. The molecule has 0 fully saturated rings. The molecule has 144 valence electrons. The van der Waals surface area contributed by atoms with Crippen LogP contribution in [0.3, 0.4) is 0 Å². The van der Waals surface area contributed by atoms with Crippen molar-refractivity contribution in [1.29, 1.82) is 0 Å². The minimum Gasteiger partial charge on any atom is -0.496 e. The number of hydrogen-bond acceptors (Lipinski definition) is 4. The van der Waals surface area contributed by atoms with Crippen molar-refractivity contribution in [1.82, 2.24) is 10.3 Å². The maximum atomic E-state index is 12.4. The van der Waals surface area contributed by atoms with Gasteiger partial charge in [-0.1, -0.05) is 44.2 Å². The van der Waals surface area contributed by atoms with Crippen molar-refractivity contribution in [2.24, 2.45) is 0 Å². The number of nitrogens with zero attached hydrogens (tertiary/aromatic N) is 1. The number of pyridine rings is 1. The van der Waals surface area contributed by atoms with Gasteiger partial charge in [-0.3, -0.25) is 4.79 Å². The first kappa shape index (κ1) is 19.4. The zero-order valence-corrected chi connectivity index (χ0v) is 16.4. The number of benzene rings is 2. The van der Waals surface area contributed by atoms with Crippen molar-refractivity contribution in [3.8, 4) is 5.75 Å². The summed E-state index contributed by atoms with van der Waals surface area (Å²) in [7, 11) is 1.62. The molecule has 1 heterocycles. The van der Waals surface area contributed by atoms with Crippen molar-refractivity contribution < 1.29 is 9.53 Å². The molecule has 0 saturated carbocycles. The normalized spacial score (nSPS) is 10.6. The smallest absolute Gasteiger partial charge is 0.270 e. The molecule has 3 aromatic rings. The number of methoxy groups -OCH3 is 1. The highest BCUT2D eigenvalue weighted by atomic mass is 16.5. The van der Waals surface area contributed by atoms with Gasteiger partial charge in [0.1, 0.15) is 11.4 Å². The quantitative estimate of drug-likeness (QED) is 0.617. The number of amides is 1. The minimum atomic E-state index is -0.223. The minimum absolute atomic E-state index is 0.223. The van der Waals surface area contributed by atoms with Crippen LogP contribution in [-0.4, -0.2) is 18.0 Å². The first-order valence-electron chi connectivity index (χ1n) is 9.30. The zero-order valence-electron chi connectivity index (χ0n) is 16.4. The number of para-hydroxylation sites is 1. The zero-order chi connectivity index (χ0) is 19.9. The highest BCUT2D eigenvalue weighted by Crippen LogP contribution is 2.20. The number of anilines is 2. The van der Waals surface area contributed by atoms with Gasteiger partial charge in [-0.15, -0.1) is 0 Å². The number of nitrogens with one attached hydrogen (secondary N) is 2. The van der Waals surface area contributed by atoms with Gasteiger partial charge in [0.15, 0.2) is 0 Å². The van der Waals surface area contributed by atoms with E-state index in [1.54, 1.807) is 19.4 Å².